The molecule has 4 radical (unpaired) electrons. The smallest absolute Gasteiger partial charge is 0.155 e. The summed E-state index contributed by atoms with van der Waals surface area (Å²) in [6, 6.07) is 84.7. The van der Waals surface area contributed by atoms with E-state index in [9.17, 15) is 19.2 Å². The van der Waals surface area contributed by atoms with Crippen LogP contribution in [0.4, 0.5) is 0 Å². The number of nitrogens with zero attached hydrogens (tertiary/aromatic N) is 4. The molecule has 4 heterocycles. The molecule has 0 spiro atoms. The number of ketones is 4. The van der Waals surface area contributed by atoms with Crippen molar-refractivity contribution >= 4 is 66.7 Å². The van der Waals surface area contributed by atoms with Crippen molar-refractivity contribution in [3.8, 4) is 62.3 Å². The minimum atomic E-state index is -0.125. The molecule has 103 heavy (non-hydrogen) atoms. The SMILES string of the molecule is CC(=O)C=C(C)O.CC(=O)C=C(C)O.CC(=O)C=C(C)O.CC(=O)C=C(C)O.COc1c[c-]c(-c2ccc3ccccc3n2)cc1.COc1cc[c-]c(-c2ccc3ccccc3n2)c1.COc1ccc[c-]c1-c1ccc2ccccc2n1.Cc1ccc[c-]c1-c1ccc2ccccc2n1.[Ir].[Ir].[Ir].[Ir]. The van der Waals surface area contributed by atoms with Gasteiger partial charge in [0, 0.05) is 122 Å². The van der Waals surface area contributed by atoms with Crippen LogP contribution in [-0.2, 0) is 99.6 Å². The maximum absolute atomic E-state index is 10.0. The Morgan fingerprint density at radius 2 is 0.689 bits per heavy atom. The van der Waals surface area contributed by atoms with Crippen LogP contribution < -0.4 is 14.2 Å². The summed E-state index contributed by atoms with van der Waals surface area (Å²) in [4.78, 5) is 58.7. The Hall–Kier alpha value is -9.76. The first-order chi connectivity index (χ1) is 47.5. The maximum Gasteiger partial charge on any atom is 0.155 e. The van der Waals surface area contributed by atoms with Gasteiger partial charge in [-0.25, -0.2) is 0 Å². The molecule has 12 aromatic rings. The molecule has 12 rings (SSSR count). The summed E-state index contributed by atoms with van der Waals surface area (Å²) >= 11 is 0. The number of pyridine rings is 4. The van der Waals surface area contributed by atoms with Crippen LogP contribution in [0, 0.1) is 31.2 Å². The Morgan fingerprint density at radius 1 is 0.340 bits per heavy atom. The van der Waals surface area contributed by atoms with Crippen molar-refractivity contribution in [1.82, 2.24) is 19.9 Å². The monoisotopic (exact) mass is 2090 g/mol. The molecule has 0 fully saturated rings. The molecule has 0 bridgehead atoms. The molecule has 0 saturated heterocycles. The van der Waals surface area contributed by atoms with E-state index in [2.05, 4.69) is 112 Å². The number of aromatic nitrogens is 4. The number of allylic oxidation sites excluding steroid dienone is 8. The van der Waals surface area contributed by atoms with Crippen LogP contribution in [-0.4, -0.2) is 84.8 Å². The Kier molecular flexibility index (Phi) is 43.4. The van der Waals surface area contributed by atoms with E-state index < -0.39 is 0 Å². The fourth-order valence-corrected chi connectivity index (χ4v) is 9.03. The first-order valence-electron chi connectivity index (χ1n) is 31.1. The normalized spacial score (nSPS) is 10.4. The Morgan fingerprint density at radius 3 is 1.03 bits per heavy atom. The summed E-state index contributed by atoms with van der Waals surface area (Å²) in [5, 5.41) is 38.0. The second-order valence-electron chi connectivity index (χ2n) is 21.8. The maximum atomic E-state index is 10.0. The van der Waals surface area contributed by atoms with Crippen molar-refractivity contribution in [1.29, 1.82) is 0 Å². The number of hydrogen-bond donors (Lipinski definition) is 4. The van der Waals surface area contributed by atoms with Gasteiger partial charge in [0.15, 0.2) is 23.1 Å². The van der Waals surface area contributed by atoms with E-state index in [0.717, 1.165) is 101 Å². The minimum Gasteiger partial charge on any atom is -0.540 e. The summed E-state index contributed by atoms with van der Waals surface area (Å²) in [7, 11) is 4.97. The zero-order chi connectivity index (χ0) is 72.2. The molecule has 0 unspecified atom stereocenters. The van der Waals surface area contributed by atoms with E-state index in [-0.39, 0.29) is 127 Å². The zero-order valence-electron chi connectivity index (χ0n) is 58.9. The van der Waals surface area contributed by atoms with Crippen molar-refractivity contribution in [2.75, 3.05) is 21.3 Å². The van der Waals surface area contributed by atoms with Gasteiger partial charge in [0.25, 0.3) is 0 Å². The molecule has 0 saturated carbocycles. The average Bonchev–Trinajstić information content (AvgIpc) is 0.836. The van der Waals surface area contributed by atoms with Gasteiger partial charge >= 0.3 is 0 Å². The predicted octanol–water partition coefficient (Wildman–Crippen LogP) is 19.3. The number of fused-ring (bicyclic) bond motifs is 4. The van der Waals surface area contributed by atoms with Gasteiger partial charge in [-0.1, -0.05) is 134 Å². The van der Waals surface area contributed by atoms with Crippen molar-refractivity contribution < 1.29 is 134 Å². The van der Waals surface area contributed by atoms with Gasteiger partial charge in [0.1, 0.15) is 0 Å². The van der Waals surface area contributed by atoms with Gasteiger partial charge < -0.3 is 34.6 Å². The molecule has 0 aliphatic carbocycles. The first-order valence-corrected chi connectivity index (χ1v) is 31.1. The summed E-state index contributed by atoms with van der Waals surface area (Å²) < 4.78 is 15.7. The molecule has 0 amide bonds. The van der Waals surface area contributed by atoms with Crippen LogP contribution in [0.2, 0.25) is 0 Å². The second-order valence-corrected chi connectivity index (χ2v) is 21.8. The van der Waals surface area contributed by atoms with Crippen molar-refractivity contribution in [2.45, 2.75) is 62.3 Å². The van der Waals surface area contributed by atoms with Gasteiger partial charge in [0.2, 0.25) is 0 Å². The Balaban J connectivity index is 0.000000606. The summed E-state index contributed by atoms with van der Waals surface area (Å²) in [6.45, 7) is 13.5. The summed E-state index contributed by atoms with van der Waals surface area (Å²) in [6.07, 6.45) is 4.67. The minimum absolute atomic E-state index is 0. The number of carbonyl (C=O) groups excluding carboxylic acids is 4. The van der Waals surface area contributed by atoms with Gasteiger partial charge in [-0.05, 0) is 124 Å². The van der Waals surface area contributed by atoms with Crippen molar-refractivity contribution in [2.24, 2.45) is 0 Å². The number of hydrogen-bond acceptors (Lipinski definition) is 15. The van der Waals surface area contributed by atoms with Crippen LogP contribution in [0.15, 0.2) is 266 Å². The van der Waals surface area contributed by atoms with Crippen LogP contribution in [0.25, 0.3) is 88.6 Å². The third-order valence-corrected chi connectivity index (χ3v) is 13.2. The van der Waals surface area contributed by atoms with Gasteiger partial charge in [-0.15, -0.1) is 119 Å². The number of aliphatic hydroxyl groups excluding tert-OH is 4. The van der Waals surface area contributed by atoms with Crippen LogP contribution in [0.3, 0.4) is 0 Å². The molecule has 4 aromatic heterocycles. The first kappa shape index (κ1) is 91.2. The number of ether oxygens (including phenoxy) is 3. The molecular formula is C84H80Ir4N4O11-4. The molecule has 19 heteroatoms. The number of aryl methyl sites for hydroxylation is 1. The van der Waals surface area contributed by atoms with E-state index in [1.165, 1.54) is 90.6 Å². The molecule has 4 N–H and O–H groups in total. The standard InChI is InChI=1S/3C16H12NO.C16H12N.4C5H8O2.4Ir/c1-18-16-9-5-3-7-13(16)15-11-10-12-6-2-4-8-14(12)17-15;1-18-14-7-4-6-13(11-14)16-10-9-12-5-2-3-8-15(12)17-16;1-18-14-9-6-13(7-10-14)16-11-8-12-4-2-3-5-15(12)17-16;1-12-6-2-4-8-14(12)16-11-10-13-7-3-5-9-15(13)17-16;4*1-4(6)3-5(2)7;;;;/h2-6,8-11H,1H3;2-5,7-11H,1H3;2-6,8-11H,1H3;2-7,9-11H,1H3;4*3,6H,1-2H3;;;;/q4*-1;;;;;;;;. The van der Waals surface area contributed by atoms with Crippen molar-refractivity contribution in [3.05, 3.63) is 296 Å². The van der Waals surface area contributed by atoms with E-state index in [1.807, 2.05) is 158 Å². The fraction of sp³-hybridized carbons (Fsp3) is 0.143. The van der Waals surface area contributed by atoms with E-state index >= 15 is 0 Å². The van der Waals surface area contributed by atoms with Crippen LogP contribution in [0.5, 0.6) is 17.2 Å². The van der Waals surface area contributed by atoms with E-state index in [0.29, 0.717) is 0 Å². The second kappa shape index (κ2) is 49.0. The number of methoxy groups -OCH3 is 3. The quantitative estimate of drug-likeness (QED) is 0.0536. The van der Waals surface area contributed by atoms with E-state index in [1.54, 1.807) is 21.3 Å². The fourth-order valence-electron chi connectivity index (χ4n) is 9.03. The molecule has 8 aromatic carbocycles. The van der Waals surface area contributed by atoms with Gasteiger partial charge in [-0.2, -0.15) is 0 Å². The Labute approximate surface area is 657 Å². The zero-order valence-corrected chi connectivity index (χ0v) is 68.4. The number of carbonyl (C=O) groups is 4. The average molecular weight is 2090 g/mol. The largest absolute Gasteiger partial charge is 0.540 e. The molecule has 15 nitrogen and oxygen atoms in total. The molecular weight excluding hydrogens is 2010 g/mol. The van der Waals surface area contributed by atoms with Crippen molar-refractivity contribution in [3.63, 3.8) is 0 Å². The molecule has 0 aliphatic rings. The summed E-state index contributed by atoms with van der Waals surface area (Å²) in [5.74, 6) is 2.17. The number of rotatable bonds is 11. The number of para-hydroxylation sites is 4. The van der Waals surface area contributed by atoms with E-state index in [4.69, 9.17) is 34.6 Å². The van der Waals surface area contributed by atoms with Gasteiger partial charge in [0.05, 0.1) is 66.4 Å². The Bertz CT molecular complexity index is 4660. The molecule has 0 aliphatic heterocycles. The third-order valence-electron chi connectivity index (χ3n) is 13.2. The third kappa shape index (κ3) is 33.3. The molecule has 542 valence electrons. The summed E-state index contributed by atoms with van der Waals surface area (Å²) in [5.41, 5.74) is 12.8. The molecule has 0 atom stereocenters. The number of benzene rings is 8. The topological polar surface area (TPSA) is 228 Å². The van der Waals surface area contributed by atoms with Gasteiger partial charge in [-0.3, -0.25) is 39.1 Å². The van der Waals surface area contributed by atoms with Crippen LogP contribution >= 0.6 is 0 Å². The number of aliphatic hydroxyl groups is 4. The predicted molar refractivity (Wildman–Crippen MR) is 397 cm³/mol. The van der Waals surface area contributed by atoms with Crippen LogP contribution in [0.1, 0.15) is 61.0 Å².